The Morgan fingerprint density at radius 1 is 1.44 bits per heavy atom. The number of hydrogen-bond donors (Lipinski definition) is 1. The maximum Gasteiger partial charge on any atom is 0.165 e. The molecule has 88 valence electrons. The minimum Gasteiger partial charge on any atom is -0.367 e. The molecule has 2 rings (SSSR count). The largest absolute Gasteiger partial charge is 0.367 e. The Labute approximate surface area is 96.3 Å². The molecule has 2 unspecified atom stereocenters. The highest BCUT2D eigenvalue weighted by Gasteiger charge is 2.21. The van der Waals surface area contributed by atoms with Crippen LogP contribution in [0.4, 0.5) is 10.2 Å². The van der Waals surface area contributed by atoms with Gasteiger partial charge in [-0.25, -0.2) is 9.37 Å². The first-order valence-electron chi connectivity index (χ1n) is 6.12. The van der Waals surface area contributed by atoms with Crippen LogP contribution in [0.2, 0.25) is 0 Å². The first-order chi connectivity index (χ1) is 7.77. The van der Waals surface area contributed by atoms with Crippen LogP contribution >= 0.6 is 0 Å². The summed E-state index contributed by atoms with van der Waals surface area (Å²) >= 11 is 0. The van der Waals surface area contributed by atoms with E-state index in [0.29, 0.717) is 11.7 Å². The fraction of sp³-hybridized carbons (Fsp3) is 0.615. The molecule has 3 heteroatoms. The van der Waals surface area contributed by atoms with Crippen LogP contribution in [0.3, 0.4) is 0 Å². The highest BCUT2D eigenvalue weighted by atomic mass is 19.1. The molecular formula is C13H19FN2. The number of nitrogens with zero attached hydrogens (tertiary/aromatic N) is 1. The number of anilines is 1. The Hall–Kier alpha value is -1.12. The molecule has 1 N–H and O–H groups in total. The number of hydrogen-bond acceptors (Lipinski definition) is 2. The summed E-state index contributed by atoms with van der Waals surface area (Å²) in [5.41, 5.74) is 0. The van der Waals surface area contributed by atoms with E-state index in [1.807, 2.05) is 0 Å². The Morgan fingerprint density at radius 2 is 2.25 bits per heavy atom. The standard InChI is InChI=1S/C13H19FN2/c1-10-5-2-3-6-11(10)9-16-13-12(14)7-4-8-15-13/h4,7-8,10-11H,2-3,5-6,9H2,1H3,(H,15,16). The Balaban J connectivity index is 1.89. The van der Waals surface area contributed by atoms with Crippen molar-refractivity contribution < 1.29 is 4.39 Å². The van der Waals surface area contributed by atoms with E-state index in [-0.39, 0.29) is 5.82 Å². The second kappa shape index (κ2) is 5.28. The van der Waals surface area contributed by atoms with Gasteiger partial charge in [-0.3, -0.25) is 0 Å². The fourth-order valence-electron chi connectivity index (χ4n) is 2.44. The van der Waals surface area contributed by atoms with Crippen LogP contribution in [0.5, 0.6) is 0 Å². The van der Waals surface area contributed by atoms with Crippen molar-refractivity contribution in [2.24, 2.45) is 11.8 Å². The zero-order valence-electron chi connectivity index (χ0n) is 9.75. The second-order valence-electron chi connectivity index (χ2n) is 4.74. The summed E-state index contributed by atoms with van der Waals surface area (Å²) in [4.78, 5) is 4.00. The minimum absolute atomic E-state index is 0.258. The van der Waals surface area contributed by atoms with E-state index in [1.165, 1.54) is 31.7 Å². The van der Waals surface area contributed by atoms with E-state index in [2.05, 4.69) is 17.2 Å². The van der Waals surface area contributed by atoms with Gasteiger partial charge in [-0.2, -0.15) is 0 Å². The highest BCUT2D eigenvalue weighted by molar-refractivity contribution is 5.35. The van der Waals surface area contributed by atoms with Crippen molar-refractivity contribution in [3.8, 4) is 0 Å². The predicted molar refractivity (Wildman–Crippen MR) is 63.8 cm³/mol. The molecule has 1 heterocycles. The smallest absolute Gasteiger partial charge is 0.165 e. The molecule has 0 spiro atoms. The molecule has 0 amide bonds. The summed E-state index contributed by atoms with van der Waals surface area (Å²) in [6.07, 6.45) is 6.83. The number of halogens is 1. The average Bonchev–Trinajstić information content (AvgIpc) is 2.30. The van der Waals surface area contributed by atoms with Gasteiger partial charge in [0.2, 0.25) is 0 Å². The molecule has 1 aliphatic carbocycles. The van der Waals surface area contributed by atoms with E-state index >= 15 is 0 Å². The molecule has 1 aromatic heterocycles. The number of aromatic nitrogens is 1. The third kappa shape index (κ3) is 2.71. The molecule has 1 fully saturated rings. The molecule has 2 atom stereocenters. The van der Waals surface area contributed by atoms with Crippen LogP contribution < -0.4 is 5.32 Å². The fourth-order valence-corrected chi connectivity index (χ4v) is 2.44. The lowest BCUT2D eigenvalue weighted by atomic mass is 9.80. The lowest BCUT2D eigenvalue weighted by molar-refractivity contribution is 0.268. The zero-order valence-corrected chi connectivity index (χ0v) is 9.75. The number of pyridine rings is 1. The molecule has 16 heavy (non-hydrogen) atoms. The van der Waals surface area contributed by atoms with E-state index in [0.717, 1.165) is 12.5 Å². The van der Waals surface area contributed by atoms with Crippen molar-refractivity contribution in [3.05, 3.63) is 24.1 Å². The van der Waals surface area contributed by atoms with Gasteiger partial charge in [0.25, 0.3) is 0 Å². The van der Waals surface area contributed by atoms with E-state index in [4.69, 9.17) is 0 Å². The molecule has 1 aliphatic rings. The van der Waals surface area contributed by atoms with Gasteiger partial charge >= 0.3 is 0 Å². The van der Waals surface area contributed by atoms with E-state index < -0.39 is 0 Å². The highest BCUT2D eigenvalue weighted by Crippen LogP contribution is 2.29. The summed E-state index contributed by atoms with van der Waals surface area (Å²) in [7, 11) is 0. The molecule has 0 saturated heterocycles. The van der Waals surface area contributed by atoms with Gasteiger partial charge in [0.05, 0.1) is 0 Å². The van der Waals surface area contributed by atoms with Crippen molar-refractivity contribution in [1.82, 2.24) is 4.98 Å². The maximum atomic E-state index is 13.3. The van der Waals surface area contributed by atoms with Crippen LogP contribution in [-0.4, -0.2) is 11.5 Å². The first-order valence-corrected chi connectivity index (χ1v) is 6.12. The summed E-state index contributed by atoms with van der Waals surface area (Å²) in [6.45, 7) is 3.13. The van der Waals surface area contributed by atoms with Gasteiger partial charge in [-0.05, 0) is 30.4 Å². The number of rotatable bonds is 3. The maximum absolute atomic E-state index is 13.3. The molecule has 1 saturated carbocycles. The van der Waals surface area contributed by atoms with Crippen molar-refractivity contribution in [3.63, 3.8) is 0 Å². The third-order valence-corrected chi connectivity index (χ3v) is 3.58. The lowest BCUT2D eigenvalue weighted by Gasteiger charge is -2.28. The quantitative estimate of drug-likeness (QED) is 0.847. The predicted octanol–water partition coefficient (Wildman–Crippen LogP) is 3.46. The molecule has 0 aromatic carbocycles. The van der Waals surface area contributed by atoms with E-state index in [1.54, 1.807) is 12.3 Å². The Bertz CT molecular complexity index is 340. The summed E-state index contributed by atoms with van der Waals surface area (Å²) in [6, 6.07) is 3.06. The SMILES string of the molecule is CC1CCCCC1CNc1ncccc1F. The zero-order chi connectivity index (χ0) is 11.4. The first kappa shape index (κ1) is 11.4. The van der Waals surface area contributed by atoms with Crippen LogP contribution in [0.1, 0.15) is 32.6 Å². The molecular weight excluding hydrogens is 203 g/mol. The van der Waals surface area contributed by atoms with Gasteiger partial charge in [0.15, 0.2) is 11.6 Å². The summed E-state index contributed by atoms with van der Waals surface area (Å²) in [5.74, 6) is 1.54. The topological polar surface area (TPSA) is 24.9 Å². The van der Waals surface area contributed by atoms with Crippen molar-refractivity contribution >= 4 is 5.82 Å². The molecule has 1 aromatic rings. The summed E-state index contributed by atoms with van der Waals surface area (Å²) in [5, 5.41) is 3.13. The van der Waals surface area contributed by atoms with Crippen molar-refractivity contribution in [2.75, 3.05) is 11.9 Å². The van der Waals surface area contributed by atoms with Crippen molar-refractivity contribution in [2.45, 2.75) is 32.6 Å². The van der Waals surface area contributed by atoms with Crippen LogP contribution in [0, 0.1) is 17.7 Å². The average molecular weight is 222 g/mol. The van der Waals surface area contributed by atoms with Crippen molar-refractivity contribution in [1.29, 1.82) is 0 Å². The molecule has 0 aliphatic heterocycles. The van der Waals surface area contributed by atoms with Crippen LogP contribution in [0.15, 0.2) is 18.3 Å². The monoisotopic (exact) mass is 222 g/mol. The van der Waals surface area contributed by atoms with Gasteiger partial charge in [-0.1, -0.05) is 26.2 Å². The minimum atomic E-state index is -0.258. The molecule has 0 radical (unpaired) electrons. The van der Waals surface area contributed by atoms with Crippen LogP contribution in [0.25, 0.3) is 0 Å². The van der Waals surface area contributed by atoms with E-state index in [9.17, 15) is 4.39 Å². The second-order valence-corrected chi connectivity index (χ2v) is 4.74. The third-order valence-electron chi connectivity index (χ3n) is 3.58. The van der Waals surface area contributed by atoms with Gasteiger partial charge in [0, 0.05) is 12.7 Å². The van der Waals surface area contributed by atoms with Gasteiger partial charge in [-0.15, -0.1) is 0 Å². The normalized spacial score (nSPS) is 25.4. The van der Waals surface area contributed by atoms with Crippen LogP contribution in [-0.2, 0) is 0 Å². The number of nitrogens with one attached hydrogen (secondary N) is 1. The van der Waals surface area contributed by atoms with Gasteiger partial charge < -0.3 is 5.32 Å². The Kier molecular flexibility index (Phi) is 3.75. The Morgan fingerprint density at radius 3 is 3.00 bits per heavy atom. The van der Waals surface area contributed by atoms with Gasteiger partial charge in [0.1, 0.15) is 0 Å². The molecule has 2 nitrogen and oxygen atoms in total. The lowest BCUT2D eigenvalue weighted by Crippen LogP contribution is -2.24. The molecule has 0 bridgehead atoms. The summed E-state index contributed by atoms with van der Waals surface area (Å²) < 4.78 is 13.3.